The Bertz CT molecular complexity index is 1310. The molecule has 0 bridgehead atoms. The van der Waals surface area contributed by atoms with Crippen LogP contribution < -0.4 is 10.1 Å². The molecule has 4 nitrogen and oxygen atoms in total. The van der Waals surface area contributed by atoms with Gasteiger partial charge in [0.2, 0.25) is 0 Å². The van der Waals surface area contributed by atoms with Gasteiger partial charge < -0.3 is 19.5 Å². The van der Waals surface area contributed by atoms with Gasteiger partial charge in [-0.3, -0.25) is 0 Å². The van der Waals surface area contributed by atoms with Gasteiger partial charge in [0.25, 0.3) is 0 Å². The van der Waals surface area contributed by atoms with E-state index in [0.717, 1.165) is 25.3 Å². The molecule has 1 aliphatic rings. The molecule has 206 valence electrons. The molecule has 0 aromatic heterocycles. The van der Waals surface area contributed by atoms with E-state index in [9.17, 15) is 4.39 Å². The molecular formula is C32H34Cl2FNO3. The highest BCUT2D eigenvalue weighted by atomic mass is 35.5. The van der Waals surface area contributed by atoms with Gasteiger partial charge in [-0.1, -0.05) is 66.2 Å². The highest BCUT2D eigenvalue weighted by molar-refractivity contribution is 6.31. The maximum atomic E-state index is 13.8. The van der Waals surface area contributed by atoms with Crippen molar-refractivity contribution >= 4 is 34.8 Å². The molecule has 2 unspecified atom stereocenters. The summed E-state index contributed by atoms with van der Waals surface area (Å²) in [4.78, 5) is 0. The molecule has 1 N–H and O–H groups in total. The van der Waals surface area contributed by atoms with Gasteiger partial charge in [0, 0.05) is 29.5 Å². The van der Waals surface area contributed by atoms with Crippen LogP contribution in [0.1, 0.15) is 35.4 Å². The van der Waals surface area contributed by atoms with Gasteiger partial charge >= 0.3 is 0 Å². The summed E-state index contributed by atoms with van der Waals surface area (Å²) < 4.78 is 31.7. The minimum Gasteiger partial charge on any atom is -0.494 e. The van der Waals surface area contributed by atoms with Crippen molar-refractivity contribution in [2.45, 2.75) is 38.1 Å². The third kappa shape index (κ3) is 7.93. The molecule has 0 amide bonds. The summed E-state index contributed by atoms with van der Waals surface area (Å²) in [5.74, 6) is 0.821. The predicted octanol–water partition coefficient (Wildman–Crippen LogP) is 7.70. The smallest absolute Gasteiger partial charge is 0.130 e. The van der Waals surface area contributed by atoms with Crippen molar-refractivity contribution in [3.63, 3.8) is 0 Å². The quantitative estimate of drug-likeness (QED) is 0.188. The summed E-state index contributed by atoms with van der Waals surface area (Å²) in [5, 5.41) is 6.35. The fourth-order valence-electron chi connectivity index (χ4n) is 4.92. The van der Waals surface area contributed by atoms with Crippen LogP contribution in [-0.4, -0.2) is 32.4 Å². The molecule has 0 saturated carbocycles. The molecular weight excluding hydrogens is 536 g/mol. The number of nitrogens with one attached hydrogen (secondary N) is 1. The zero-order chi connectivity index (χ0) is 26.2. The van der Waals surface area contributed by atoms with Gasteiger partial charge in [-0.25, -0.2) is 4.39 Å². The van der Waals surface area contributed by atoms with Gasteiger partial charge in [-0.05, 0) is 65.2 Å². The van der Waals surface area contributed by atoms with E-state index in [-0.39, 0.29) is 30.9 Å². The van der Waals surface area contributed by atoms with E-state index in [2.05, 4.69) is 59.9 Å². The lowest BCUT2D eigenvalue weighted by atomic mass is 9.87. The van der Waals surface area contributed by atoms with Crippen molar-refractivity contribution in [3.8, 4) is 5.75 Å². The second-order valence-electron chi connectivity index (χ2n) is 9.65. The topological polar surface area (TPSA) is 39.7 Å². The van der Waals surface area contributed by atoms with Crippen molar-refractivity contribution in [2.75, 3.05) is 26.3 Å². The summed E-state index contributed by atoms with van der Waals surface area (Å²) in [5.41, 5.74) is 2.85. The lowest BCUT2D eigenvalue weighted by molar-refractivity contribution is 0.0106. The van der Waals surface area contributed by atoms with Crippen molar-refractivity contribution in [2.24, 2.45) is 0 Å². The van der Waals surface area contributed by atoms with Gasteiger partial charge in [0.05, 0.1) is 32.5 Å². The van der Waals surface area contributed by atoms with Crippen LogP contribution in [0.25, 0.3) is 10.8 Å². The monoisotopic (exact) mass is 569 g/mol. The van der Waals surface area contributed by atoms with Crippen LogP contribution in [0.15, 0.2) is 84.9 Å². The number of rotatable bonds is 11. The Morgan fingerprint density at radius 1 is 0.872 bits per heavy atom. The summed E-state index contributed by atoms with van der Waals surface area (Å²) in [6.45, 7) is 3.56. The van der Waals surface area contributed by atoms with E-state index in [1.54, 1.807) is 12.1 Å². The van der Waals surface area contributed by atoms with Gasteiger partial charge in [0.1, 0.15) is 11.6 Å². The Balaban J connectivity index is 0.00000353. The first kappa shape index (κ1) is 29.3. The lowest BCUT2D eigenvalue weighted by Gasteiger charge is -2.32. The number of hydrogen-bond donors (Lipinski definition) is 1. The average Bonchev–Trinajstić information content (AvgIpc) is 2.95. The van der Waals surface area contributed by atoms with Crippen molar-refractivity contribution in [1.29, 1.82) is 0 Å². The molecule has 4 aromatic carbocycles. The minimum absolute atomic E-state index is 0. The predicted molar refractivity (Wildman–Crippen MR) is 158 cm³/mol. The first-order valence-electron chi connectivity index (χ1n) is 13.2. The second kappa shape index (κ2) is 14.6. The van der Waals surface area contributed by atoms with Crippen molar-refractivity contribution in [1.82, 2.24) is 5.32 Å². The van der Waals surface area contributed by atoms with Crippen LogP contribution in [0.2, 0.25) is 5.02 Å². The van der Waals surface area contributed by atoms with E-state index in [1.165, 1.54) is 28.0 Å². The number of benzene rings is 4. The van der Waals surface area contributed by atoms with Crippen LogP contribution in [0.5, 0.6) is 5.75 Å². The molecule has 39 heavy (non-hydrogen) atoms. The molecule has 0 radical (unpaired) electrons. The number of hydrogen-bond acceptors (Lipinski definition) is 4. The third-order valence-corrected chi connectivity index (χ3v) is 7.38. The molecule has 2 atom stereocenters. The Morgan fingerprint density at radius 2 is 1.69 bits per heavy atom. The van der Waals surface area contributed by atoms with Crippen LogP contribution in [0.3, 0.4) is 0 Å². The number of halogens is 3. The molecule has 4 aromatic rings. The van der Waals surface area contributed by atoms with Crippen LogP contribution in [0, 0.1) is 5.82 Å². The molecule has 5 rings (SSSR count). The maximum Gasteiger partial charge on any atom is 0.130 e. The zero-order valence-electron chi connectivity index (χ0n) is 21.8. The van der Waals surface area contributed by atoms with Crippen LogP contribution >= 0.6 is 24.0 Å². The van der Waals surface area contributed by atoms with E-state index < -0.39 is 0 Å². The van der Waals surface area contributed by atoms with Crippen molar-refractivity contribution < 1.29 is 18.6 Å². The SMILES string of the molecule is Cl.Fc1cccc(Cl)c1COCCCOc1ccc(C2CCNCC2OCc2ccc3ccccc3c2)cc1. The van der Waals surface area contributed by atoms with Crippen LogP contribution in [-0.2, 0) is 22.7 Å². The van der Waals surface area contributed by atoms with E-state index in [4.69, 9.17) is 25.8 Å². The second-order valence-corrected chi connectivity index (χ2v) is 10.1. The first-order chi connectivity index (χ1) is 18.7. The largest absolute Gasteiger partial charge is 0.494 e. The summed E-state index contributed by atoms with van der Waals surface area (Å²) in [6, 6.07) is 27.9. The highest BCUT2D eigenvalue weighted by Gasteiger charge is 2.27. The normalized spacial score (nSPS) is 17.1. The van der Waals surface area contributed by atoms with E-state index >= 15 is 0 Å². The lowest BCUT2D eigenvalue weighted by Crippen LogP contribution is -2.40. The molecule has 0 aliphatic carbocycles. The molecule has 7 heteroatoms. The first-order valence-corrected chi connectivity index (χ1v) is 13.6. The van der Waals surface area contributed by atoms with E-state index in [0.29, 0.717) is 42.7 Å². The summed E-state index contributed by atoms with van der Waals surface area (Å²) >= 11 is 6.04. The van der Waals surface area contributed by atoms with Gasteiger partial charge in [-0.15, -0.1) is 12.4 Å². The highest BCUT2D eigenvalue weighted by Crippen LogP contribution is 2.30. The van der Waals surface area contributed by atoms with Gasteiger partial charge in [0.15, 0.2) is 0 Å². The molecule has 1 saturated heterocycles. The Kier molecular flexibility index (Phi) is 11.0. The molecule has 0 spiro atoms. The Labute approximate surface area is 240 Å². The zero-order valence-corrected chi connectivity index (χ0v) is 23.4. The Hall–Kier alpha value is -2.67. The van der Waals surface area contributed by atoms with Crippen molar-refractivity contribution in [3.05, 3.63) is 112 Å². The standard InChI is InChI=1S/C32H33ClFNO3.ClH/c33-30-7-3-8-31(34)29(30)22-36-17-4-18-37-27-13-11-25(12-14-27)28-15-16-35-20-32(28)38-21-23-9-10-24-5-1-2-6-26(24)19-23;/h1-3,5-14,19,28,32,35H,4,15-18,20-22H2;1H. The third-order valence-electron chi connectivity index (χ3n) is 7.02. The molecule has 1 fully saturated rings. The number of ether oxygens (including phenoxy) is 3. The summed E-state index contributed by atoms with van der Waals surface area (Å²) in [6.07, 6.45) is 1.85. The minimum atomic E-state index is -0.344. The van der Waals surface area contributed by atoms with E-state index in [1.807, 2.05) is 12.1 Å². The Morgan fingerprint density at radius 3 is 2.51 bits per heavy atom. The molecule has 1 aliphatic heterocycles. The number of piperidine rings is 1. The number of fused-ring (bicyclic) bond motifs is 1. The maximum absolute atomic E-state index is 13.8. The van der Waals surface area contributed by atoms with Gasteiger partial charge in [-0.2, -0.15) is 0 Å². The molecule has 1 heterocycles. The summed E-state index contributed by atoms with van der Waals surface area (Å²) in [7, 11) is 0. The fraction of sp³-hybridized carbons (Fsp3) is 0.312. The van der Waals surface area contributed by atoms with Crippen LogP contribution in [0.4, 0.5) is 4.39 Å². The average molecular weight is 571 g/mol. The fourth-order valence-corrected chi connectivity index (χ4v) is 5.14.